The van der Waals surface area contributed by atoms with E-state index in [1.165, 1.54) is 25.7 Å². The van der Waals surface area contributed by atoms with Gasteiger partial charge in [0.05, 0.1) is 11.1 Å². The Morgan fingerprint density at radius 1 is 1.03 bits per heavy atom. The average molecular weight is 396 g/mol. The Hall–Kier alpha value is -2.58. The van der Waals surface area contributed by atoms with Crippen molar-refractivity contribution in [3.05, 3.63) is 34.9 Å². The van der Waals surface area contributed by atoms with Gasteiger partial charge >= 0.3 is 0 Å². The molecule has 2 bridgehead atoms. The maximum atomic E-state index is 12.9. The van der Waals surface area contributed by atoms with E-state index in [0.29, 0.717) is 23.7 Å². The van der Waals surface area contributed by atoms with Crippen LogP contribution >= 0.6 is 0 Å². The Bertz CT molecular complexity index is 919. The molecule has 0 saturated carbocycles. The Labute approximate surface area is 168 Å². The molecular formula is C21H24N4O4. The Morgan fingerprint density at radius 2 is 1.79 bits per heavy atom. The number of hydrogen-bond acceptors (Lipinski definition) is 6. The van der Waals surface area contributed by atoms with Gasteiger partial charge in [0, 0.05) is 31.1 Å². The van der Waals surface area contributed by atoms with Gasteiger partial charge in [0.25, 0.3) is 11.8 Å². The quantitative estimate of drug-likeness (QED) is 0.625. The normalized spacial score (nSPS) is 30.8. The van der Waals surface area contributed by atoms with E-state index in [0.717, 1.165) is 17.0 Å². The van der Waals surface area contributed by atoms with Crippen molar-refractivity contribution >= 4 is 23.6 Å². The zero-order chi connectivity index (χ0) is 20.2. The van der Waals surface area contributed by atoms with E-state index in [4.69, 9.17) is 0 Å². The SMILES string of the molecule is O=C1CCC(N2C(=O)c3ccc(CNCC45CCC(CC4)N5)cc3C2=O)C(=O)N1. The fraction of sp³-hybridized carbons (Fsp3) is 0.524. The first-order chi connectivity index (χ1) is 14.0. The summed E-state index contributed by atoms with van der Waals surface area (Å²) in [6.07, 6.45) is 5.17. The third kappa shape index (κ3) is 3.07. The second-order valence-electron chi connectivity index (χ2n) is 8.63. The van der Waals surface area contributed by atoms with Crippen LogP contribution in [0.5, 0.6) is 0 Å². The number of nitrogens with one attached hydrogen (secondary N) is 3. The number of imide groups is 2. The first kappa shape index (κ1) is 18.4. The molecular weight excluding hydrogens is 372 g/mol. The highest BCUT2D eigenvalue weighted by Gasteiger charge is 2.45. The predicted molar refractivity (Wildman–Crippen MR) is 103 cm³/mol. The summed E-state index contributed by atoms with van der Waals surface area (Å²) in [5, 5.41) is 9.41. The van der Waals surface area contributed by atoms with Gasteiger partial charge in [0.1, 0.15) is 6.04 Å². The van der Waals surface area contributed by atoms with Crippen LogP contribution in [0.2, 0.25) is 0 Å². The third-order valence-electron chi connectivity index (χ3n) is 6.75. The van der Waals surface area contributed by atoms with Crippen LogP contribution in [0.15, 0.2) is 18.2 Å². The second kappa shape index (κ2) is 6.74. The molecule has 5 rings (SSSR count). The van der Waals surface area contributed by atoms with E-state index in [1.807, 2.05) is 6.07 Å². The first-order valence-electron chi connectivity index (χ1n) is 10.3. The molecule has 0 radical (unpaired) electrons. The number of carbonyl (C=O) groups excluding carboxylic acids is 4. The summed E-state index contributed by atoms with van der Waals surface area (Å²) in [6.45, 7) is 1.50. The van der Waals surface area contributed by atoms with Gasteiger partial charge in [0.2, 0.25) is 11.8 Å². The van der Waals surface area contributed by atoms with Crippen LogP contribution in [-0.4, -0.2) is 52.7 Å². The third-order valence-corrected chi connectivity index (χ3v) is 6.75. The van der Waals surface area contributed by atoms with Crippen molar-refractivity contribution in [2.45, 2.75) is 62.7 Å². The molecule has 1 aromatic rings. The number of carbonyl (C=O) groups is 4. The van der Waals surface area contributed by atoms with Crippen molar-refractivity contribution in [1.29, 1.82) is 0 Å². The van der Waals surface area contributed by atoms with Gasteiger partial charge in [-0.2, -0.15) is 0 Å². The first-order valence-corrected chi connectivity index (χ1v) is 10.3. The van der Waals surface area contributed by atoms with Crippen molar-refractivity contribution in [1.82, 2.24) is 20.9 Å². The van der Waals surface area contributed by atoms with Crippen LogP contribution in [0.25, 0.3) is 0 Å². The number of hydrogen-bond donors (Lipinski definition) is 3. The van der Waals surface area contributed by atoms with Crippen LogP contribution in [0.3, 0.4) is 0 Å². The average Bonchev–Trinajstić information content (AvgIpc) is 3.36. The summed E-state index contributed by atoms with van der Waals surface area (Å²) in [7, 11) is 0. The van der Waals surface area contributed by atoms with Crippen molar-refractivity contribution in [3.8, 4) is 0 Å². The Balaban J connectivity index is 1.28. The summed E-state index contributed by atoms with van der Waals surface area (Å²) in [5.41, 5.74) is 1.78. The second-order valence-corrected chi connectivity index (χ2v) is 8.63. The van der Waals surface area contributed by atoms with Gasteiger partial charge in [-0.15, -0.1) is 0 Å². The van der Waals surface area contributed by atoms with Gasteiger partial charge in [-0.1, -0.05) is 6.07 Å². The Kier molecular flexibility index (Phi) is 4.29. The highest BCUT2D eigenvalue weighted by Crippen LogP contribution is 2.37. The fourth-order valence-corrected chi connectivity index (χ4v) is 5.19. The zero-order valence-electron chi connectivity index (χ0n) is 16.1. The minimum Gasteiger partial charge on any atom is -0.311 e. The van der Waals surface area contributed by atoms with Gasteiger partial charge in [0.15, 0.2) is 0 Å². The van der Waals surface area contributed by atoms with E-state index in [1.54, 1.807) is 12.1 Å². The molecule has 1 unspecified atom stereocenters. The monoisotopic (exact) mass is 396 g/mol. The van der Waals surface area contributed by atoms with Crippen LogP contribution in [-0.2, 0) is 16.1 Å². The summed E-state index contributed by atoms with van der Waals surface area (Å²) in [6, 6.07) is 4.99. The van der Waals surface area contributed by atoms with E-state index >= 15 is 0 Å². The number of nitrogens with zero attached hydrogens (tertiary/aromatic N) is 1. The number of benzene rings is 1. The molecule has 0 spiro atoms. The van der Waals surface area contributed by atoms with Crippen LogP contribution in [0.4, 0.5) is 0 Å². The Morgan fingerprint density at radius 3 is 2.48 bits per heavy atom. The lowest BCUT2D eigenvalue weighted by atomic mass is 9.88. The molecule has 8 heteroatoms. The van der Waals surface area contributed by atoms with E-state index < -0.39 is 23.8 Å². The molecule has 3 N–H and O–H groups in total. The standard InChI is InChI=1S/C21H24N4O4/c26-17-4-3-16(18(27)23-17)25-19(28)14-2-1-12(9-15(14)20(25)29)10-22-11-21-7-5-13(24-21)6-8-21/h1-2,9,13,16,22,24H,3-8,10-11H2,(H,23,26,27). The lowest BCUT2D eigenvalue weighted by Gasteiger charge is -2.27. The van der Waals surface area contributed by atoms with Gasteiger partial charge in [-0.05, 0) is 49.8 Å². The van der Waals surface area contributed by atoms with E-state index in [9.17, 15) is 19.2 Å². The maximum Gasteiger partial charge on any atom is 0.262 e. The topological polar surface area (TPSA) is 108 Å². The highest BCUT2D eigenvalue weighted by molar-refractivity contribution is 6.23. The summed E-state index contributed by atoms with van der Waals surface area (Å²) in [5.74, 6) is -1.89. The fourth-order valence-electron chi connectivity index (χ4n) is 5.19. The molecule has 4 aliphatic rings. The van der Waals surface area contributed by atoms with Gasteiger partial charge < -0.3 is 10.6 Å². The summed E-state index contributed by atoms with van der Waals surface area (Å²) >= 11 is 0. The molecule has 1 atom stereocenters. The molecule has 4 amide bonds. The smallest absolute Gasteiger partial charge is 0.262 e. The molecule has 4 heterocycles. The van der Waals surface area contributed by atoms with Crippen molar-refractivity contribution in [2.75, 3.05) is 6.54 Å². The number of piperidine rings is 1. The van der Waals surface area contributed by atoms with Crippen molar-refractivity contribution in [3.63, 3.8) is 0 Å². The van der Waals surface area contributed by atoms with E-state index in [2.05, 4.69) is 16.0 Å². The van der Waals surface area contributed by atoms with Crippen molar-refractivity contribution in [2.24, 2.45) is 0 Å². The van der Waals surface area contributed by atoms with Crippen LogP contribution < -0.4 is 16.0 Å². The number of rotatable bonds is 5. The molecule has 152 valence electrons. The largest absolute Gasteiger partial charge is 0.311 e. The van der Waals surface area contributed by atoms with Gasteiger partial charge in [-0.3, -0.25) is 29.4 Å². The molecule has 3 saturated heterocycles. The molecule has 0 aromatic heterocycles. The molecule has 3 fully saturated rings. The maximum absolute atomic E-state index is 12.9. The highest BCUT2D eigenvalue weighted by atomic mass is 16.2. The lowest BCUT2D eigenvalue weighted by Crippen LogP contribution is -2.54. The van der Waals surface area contributed by atoms with Crippen LogP contribution in [0, 0.1) is 0 Å². The molecule has 0 aliphatic carbocycles. The minimum atomic E-state index is -0.926. The molecule has 29 heavy (non-hydrogen) atoms. The summed E-state index contributed by atoms with van der Waals surface area (Å²) in [4.78, 5) is 50.1. The van der Waals surface area contributed by atoms with Gasteiger partial charge in [-0.25, -0.2) is 0 Å². The predicted octanol–water partition coefficient (Wildman–Crippen LogP) is 0.462. The molecule has 4 aliphatic heterocycles. The zero-order valence-corrected chi connectivity index (χ0v) is 16.1. The molecule has 1 aromatic carbocycles. The number of fused-ring (bicyclic) bond motifs is 3. The molecule has 8 nitrogen and oxygen atoms in total. The van der Waals surface area contributed by atoms with E-state index in [-0.39, 0.29) is 24.3 Å². The number of amides is 4. The lowest BCUT2D eigenvalue weighted by molar-refractivity contribution is -0.136. The minimum absolute atomic E-state index is 0.121. The summed E-state index contributed by atoms with van der Waals surface area (Å²) < 4.78 is 0. The van der Waals surface area contributed by atoms with Crippen molar-refractivity contribution < 1.29 is 19.2 Å². The van der Waals surface area contributed by atoms with Crippen LogP contribution in [0.1, 0.15) is 64.8 Å².